The number of benzene rings is 3. The average molecular weight is 607 g/mol. The summed E-state index contributed by atoms with van der Waals surface area (Å²) in [6.07, 6.45) is 9.63. The molecule has 9 nitrogen and oxygen atoms in total. The Labute approximate surface area is 262 Å². The molecule has 2 aliphatic rings. The summed E-state index contributed by atoms with van der Waals surface area (Å²) in [5, 5.41) is 21.0. The topological polar surface area (TPSA) is 123 Å². The van der Waals surface area contributed by atoms with Crippen LogP contribution in [0.2, 0.25) is 0 Å². The van der Waals surface area contributed by atoms with Gasteiger partial charge in [-0.05, 0) is 73.7 Å². The van der Waals surface area contributed by atoms with Crippen LogP contribution in [0, 0.1) is 0 Å². The molecule has 2 heterocycles. The van der Waals surface area contributed by atoms with E-state index >= 15 is 0 Å². The van der Waals surface area contributed by atoms with Crippen molar-refractivity contribution >= 4 is 40.4 Å². The van der Waals surface area contributed by atoms with Crippen molar-refractivity contribution in [2.45, 2.75) is 62.8 Å². The van der Waals surface area contributed by atoms with E-state index in [0.717, 1.165) is 35.5 Å². The summed E-state index contributed by atoms with van der Waals surface area (Å²) in [6, 6.07) is 22.8. The number of fused-ring (bicyclic) bond motifs is 1. The van der Waals surface area contributed by atoms with Gasteiger partial charge in [-0.15, -0.1) is 0 Å². The maximum absolute atomic E-state index is 13.7. The van der Waals surface area contributed by atoms with Gasteiger partial charge < -0.3 is 20.5 Å². The van der Waals surface area contributed by atoms with E-state index < -0.39 is 11.5 Å². The summed E-state index contributed by atoms with van der Waals surface area (Å²) in [6.45, 7) is 0.896. The van der Waals surface area contributed by atoms with Gasteiger partial charge in [-0.2, -0.15) is 5.10 Å². The minimum atomic E-state index is -1.03. The van der Waals surface area contributed by atoms with Crippen molar-refractivity contribution in [2.75, 3.05) is 18.5 Å². The molecule has 0 radical (unpaired) electrons. The number of carboxylic acids is 1. The Kier molecular flexibility index (Phi) is 9.07. The molecule has 1 aromatic heterocycles. The van der Waals surface area contributed by atoms with Crippen LogP contribution < -0.4 is 10.6 Å². The highest BCUT2D eigenvalue weighted by atomic mass is 16.5. The van der Waals surface area contributed by atoms with Crippen LogP contribution in [0.3, 0.4) is 0 Å². The van der Waals surface area contributed by atoms with Gasteiger partial charge in [0.05, 0.1) is 28.9 Å². The maximum Gasteiger partial charge on any atom is 0.328 e. The Hall–Kier alpha value is -4.76. The first-order valence-corrected chi connectivity index (χ1v) is 15.7. The summed E-state index contributed by atoms with van der Waals surface area (Å²) in [5.74, 6) is -1.07. The van der Waals surface area contributed by atoms with Gasteiger partial charge >= 0.3 is 5.97 Å². The second-order valence-corrected chi connectivity index (χ2v) is 12.1. The molecule has 1 saturated heterocycles. The van der Waals surface area contributed by atoms with Gasteiger partial charge in [0.2, 0.25) is 5.91 Å². The number of carbonyl (C=O) groups is 3. The van der Waals surface area contributed by atoms with Crippen molar-refractivity contribution in [3.8, 4) is 5.69 Å². The first-order chi connectivity index (χ1) is 21.9. The normalized spacial score (nSPS) is 16.9. The van der Waals surface area contributed by atoms with Crippen LogP contribution in [0.4, 0.5) is 5.69 Å². The van der Waals surface area contributed by atoms with E-state index in [9.17, 15) is 14.4 Å². The van der Waals surface area contributed by atoms with E-state index in [1.54, 1.807) is 24.3 Å². The molecule has 2 amide bonds. The fourth-order valence-corrected chi connectivity index (χ4v) is 6.56. The van der Waals surface area contributed by atoms with Crippen molar-refractivity contribution in [3.05, 3.63) is 95.7 Å². The molecule has 0 atom stereocenters. The second-order valence-electron chi connectivity index (χ2n) is 12.1. The summed E-state index contributed by atoms with van der Waals surface area (Å²) < 4.78 is 7.65. The molecule has 2 fully saturated rings. The van der Waals surface area contributed by atoms with E-state index in [1.807, 2.05) is 36.4 Å². The monoisotopic (exact) mass is 606 g/mol. The number of amides is 2. The number of anilines is 1. The molecule has 1 aliphatic heterocycles. The van der Waals surface area contributed by atoms with Crippen molar-refractivity contribution in [3.63, 3.8) is 0 Å². The fourth-order valence-electron chi connectivity index (χ4n) is 6.56. The third kappa shape index (κ3) is 7.15. The average Bonchev–Trinajstić information content (AvgIpc) is 3.44. The van der Waals surface area contributed by atoms with Gasteiger partial charge in [0.1, 0.15) is 0 Å². The van der Waals surface area contributed by atoms with Gasteiger partial charge in [0, 0.05) is 41.8 Å². The molecule has 1 aliphatic carbocycles. The van der Waals surface area contributed by atoms with Crippen LogP contribution in [-0.2, 0) is 14.3 Å². The van der Waals surface area contributed by atoms with E-state index in [-0.39, 0.29) is 18.2 Å². The fraction of sp³-hybridized carbons (Fsp3) is 0.333. The predicted octanol–water partition coefficient (Wildman–Crippen LogP) is 6.48. The lowest BCUT2D eigenvalue weighted by Gasteiger charge is -2.37. The lowest BCUT2D eigenvalue weighted by Crippen LogP contribution is -2.53. The highest BCUT2D eigenvalue weighted by Gasteiger charge is 2.37. The zero-order chi connectivity index (χ0) is 31.2. The number of carboxylic acid groups (broad SMARTS) is 1. The molecule has 3 aromatic carbocycles. The van der Waals surface area contributed by atoms with Gasteiger partial charge in [0.25, 0.3) is 5.91 Å². The Balaban J connectivity index is 1.21. The van der Waals surface area contributed by atoms with Crippen LogP contribution in [0.25, 0.3) is 22.7 Å². The Morgan fingerprint density at radius 1 is 0.956 bits per heavy atom. The molecule has 1 saturated carbocycles. The lowest BCUT2D eigenvalue weighted by molar-refractivity contribution is -0.131. The number of nitrogens with zero attached hydrogens (tertiary/aromatic N) is 2. The minimum absolute atomic E-state index is 0.0967. The zero-order valence-electron chi connectivity index (χ0n) is 25.2. The van der Waals surface area contributed by atoms with Crippen LogP contribution in [-0.4, -0.2) is 51.4 Å². The first-order valence-electron chi connectivity index (χ1n) is 15.7. The van der Waals surface area contributed by atoms with Gasteiger partial charge in [-0.1, -0.05) is 55.7 Å². The molecule has 9 heteroatoms. The lowest BCUT2D eigenvalue weighted by atomic mass is 9.85. The molecule has 232 valence electrons. The first kappa shape index (κ1) is 30.3. The van der Waals surface area contributed by atoms with Gasteiger partial charge in [-0.3, -0.25) is 9.59 Å². The maximum atomic E-state index is 13.7. The SMILES string of the molecule is O=C(O)C=Cc1ccc(NC(=O)CC2(NC(=O)c3ccc4c(C5CCCCC5)n(-c5ccccc5)nc4c3)CCOCC2)cc1. The van der Waals surface area contributed by atoms with Crippen molar-refractivity contribution in [1.82, 2.24) is 15.1 Å². The van der Waals surface area contributed by atoms with Crippen LogP contribution in [0.15, 0.2) is 78.9 Å². The number of hydrogen-bond donors (Lipinski definition) is 3. The number of carbonyl (C=O) groups excluding carboxylic acids is 2. The molecule has 4 aromatic rings. The quantitative estimate of drug-likeness (QED) is 0.188. The number of aromatic nitrogens is 2. The predicted molar refractivity (Wildman–Crippen MR) is 174 cm³/mol. The summed E-state index contributed by atoms with van der Waals surface area (Å²) in [4.78, 5) is 37.7. The van der Waals surface area contributed by atoms with E-state index in [0.29, 0.717) is 48.8 Å². The Morgan fingerprint density at radius 3 is 2.40 bits per heavy atom. The summed E-state index contributed by atoms with van der Waals surface area (Å²) in [5.41, 5.74) is 4.06. The molecule has 0 unspecified atom stereocenters. The smallest absolute Gasteiger partial charge is 0.328 e. The number of ether oxygens (including phenoxy) is 1. The van der Waals surface area contributed by atoms with E-state index in [4.69, 9.17) is 14.9 Å². The van der Waals surface area contributed by atoms with Crippen LogP contribution in [0.1, 0.15) is 78.9 Å². The van der Waals surface area contributed by atoms with Crippen molar-refractivity contribution in [1.29, 1.82) is 0 Å². The second kappa shape index (κ2) is 13.5. The largest absolute Gasteiger partial charge is 0.478 e. The number of nitrogens with one attached hydrogen (secondary N) is 2. The van der Waals surface area contributed by atoms with Crippen molar-refractivity contribution < 1.29 is 24.2 Å². The molecule has 45 heavy (non-hydrogen) atoms. The Bertz CT molecular complexity index is 1700. The summed E-state index contributed by atoms with van der Waals surface area (Å²) in [7, 11) is 0. The van der Waals surface area contributed by atoms with Crippen LogP contribution >= 0.6 is 0 Å². The third-order valence-electron chi connectivity index (χ3n) is 8.90. The highest BCUT2D eigenvalue weighted by molar-refractivity contribution is 5.99. The Morgan fingerprint density at radius 2 is 1.69 bits per heavy atom. The molecular weight excluding hydrogens is 568 g/mol. The highest BCUT2D eigenvalue weighted by Crippen LogP contribution is 2.38. The molecule has 0 bridgehead atoms. The van der Waals surface area contributed by atoms with Gasteiger partial charge in [-0.25, -0.2) is 9.48 Å². The molecule has 3 N–H and O–H groups in total. The number of aliphatic carboxylic acids is 1. The zero-order valence-corrected chi connectivity index (χ0v) is 25.2. The van der Waals surface area contributed by atoms with E-state index in [2.05, 4.69) is 27.4 Å². The van der Waals surface area contributed by atoms with Crippen LogP contribution in [0.5, 0.6) is 0 Å². The minimum Gasteiger partial charge on any atom is -0.478 e. The molecule has 0 spiro atoms. The summed E-state index contributed by atoms with van der Waals surface area (Å²) >= 11 is 0. The number of rotatable bonds is 9. The standard InChI is InChI=1S/C36H38N4O5/c41-32(37-28-15-11-25(12-16-28)13-18-33(42)43)24-36(19-21-45-22-20-36)38-35(44)27-14-17-30-31(23-27)39-40(29-9-5-2-6-10-29)34(30)26-7-3-1-4-8-26/h2,5-6,9-18,23,26H,1,3-4,7-8,19-22,24H2,(H,37,41)(H,38,44)(H,42,43). The number of para-hydroxylation sites is 1. The molecular formula is C36H38N4O5. The van der Waals surface area contributed by atoms with E-state index in [1.165, 1.54) is 31.0 Å². The van der Waals surface area contributed by atoms with Gasteiger partial charge in [0.15, 0.2) is 0 Å². The third-order valence-corrected chi connectivity index (χ3v) is 8.90. The van der Waals surface area contributed by atoms with Crippen molar-refractivity contribution in [2.24, 2.45) is 0 Å². The molecule has 6 rings (SSSR count). The number of hydrogen-bond acceptors (Lipinski definition) is 5.